The molecule has 3 heterocycles. The van der Waals surface area contributed by atoms with E-state index in [-0.39, 0.29) is 5.91 Å². The number of furan rings is 1. The van der Waals surface area contributed by atoms with Gasteiger partial charge in [-0.25, -0.2) is 0 Å². The van der Waals surface area contributed by atoms with Crippen molar-refractivity contribution in [2.24, 2.45) is 0 Å². The zero-order valence-electron chi connectivity index (χ0n) is 8.07. The van der Waals surface area contributed by atoms with Crippen LogP contribution < -0.4 is 5.32 Å². The van der Waals surface area contributed by atoms with Crippen molar-refractivity contribution in [3.8, 4) is 0 Å². The molecule has 2 fully saturated rings. The Labute approximate surface area is 95.7 Å². The zero-order chi connectivity index (χ0) is 10.4. The van der Waals surface area contributed by atoms with Gasteiger partial charge in [0.2, 0.25) is 5.76 Å². The summed E-state index contributed by atoms with van der Waals surface area (Å²) in [5, 5.41) is 3.32. The predicted octanol–water partition coefficient (Wildman–Crippen LogP) is 1.23. The van der Waals surface area contributed by atoms with Crippen molar-refractivity contribution in [2.45, 2.75) is 18.5 Å². The van der Waals surface area contributed by atoms with Gasteiger partial charge in [0.15, 0.2) is 0 Å². The van der Waals surface area contributed by atoms with E-state index in [4.69, 9.17) is 4.42 Å². The van der Waals surface area contributed by atoms with Gasteiger partial charge in [0.25, 0.3) is 5.91 Å². The fourth-order valence-corrected chi connectivity index (χ4v) is 2.66. The van der Waals surface area contributed by atoms with Gasteiger partial charge in [-0.2, -0.15) is 0 Å². The number of carbonyl (C=O) groups excluding carboxylic acids is 1. The van der Waals surface area contributed by atoms with E-state index in [0.717, 1.165) is 24.0 Å². The molecule has 1 aromatic heterocycles. The van der Waals surface area contributed by atoms with E-state index in [1.165, 1.54) is 6.26 Å². The number of nitrogens with zero attached hydrogens (tertiary/aromatic N) is 1. The quantitative estimate of drug-likeness (QED) is 0.835. The van der Waals surface area contributed by atoms with Gasteiger partial charge in [-0.15, -0.1) is 0 Å². The van der Waals surface area contributed by atoms with E-state index in [0.29, 0.717) is 17.8 Å². The summed E-state index contributed by atoms with van der Waals surface area (Å²) in [5.41, 5.74) is 0. The molecule has 0 bridgehead atoms. The van der Waals surface area contributed by atoms with Crippen LogP contribution in [0, 0.1) is 0 Å². The summed E-state index contributed by atoms with van der Waals surface area (Å²) in [5.74, 6) is 0.420. The molecule has 0 aliphatic carbocycles. The summed E-state index contributed by atoms with van der Waals surface area (Å²) in [6, 6.07) is 2.62. The fourth-order valence-electron chi connectivity index (χ4n) is 2.28. The number of likely N-dealkylation sites (tertiary alicyclic amines) is 1. The van der Waals surface area contributed by atoms with Crippen LogP contribution in [0.4, 0.5) is 0 Å². The van der Waals surface area contributed by atoms with Crippen LogP contribution in [0.5, 0.6) is 0 Å². The number of carbonyl (C=O) groups is 1. The van der Waals surface area contributed by atoms with Crippen molar-refractivity contribution in [2.75, 3.05) is 13.1 Å². The Hall–Kier alpha value is -0.810. The largest absolute Gasteiger partial charge is 0.458 e. The van der Waals surface area contributed by atoms with Gasteiger partial charge in [0.1, 0.15) is 0 Å². The van der Waals surface area contributed by atoms with Crippen molar-refractivity contribution < 1.29 is 9.21 Å². The van der Waals surface area contributed by atoms with E-state index in [1.807, 2.05) is 4.90 Å². The summed E-state index contributed by atoms with van der Waals surface area (Å²) in [7, 11) is 0. The lowest BCUT2D eigenvalue weighted by molar-refractivity contribution is 0.0645. The molecule has 15 heavy (non-hydrogen) atoms. The second-order valence-electron chi connectivity index (χ2n) is 3.97. The summed E-state index contributed by atoms with van der Waals surface area (Å²) in [4.78, 5) is 14.0. The molecule has 5 heteroatoms. The van der Waals surface area contributed by atoms with Crippen LogP contribution in [0.2, 0.25) is 0 Å². The van der Waals surface area contributed by atoms with Gasteiger partial charge >= 0.3 is 0 Å². The van der Waals surface area contributed by atoms with Gasteiger partial charge in [-0.3, -0.25) is 4.79 Å². The highest BCUT2D eigenvalue weighted by molar-refractivity contribution is 9.10. The van der Waals surface area contributed by atoms with E-state index in [1.54, 1.807) is 6.07 Å². The van der Waals surface area contributed by atoms with E-state index in [2.05, 4.69) is 21.2 Å². The molecule has 0 radical (unpaired) electrons. The normalized spacial score (nSPS) is 28.7. The maximum atomic E-state index is 12.1. The summed E-state index contributed by atoms with van der Waals surface area (Å²) in [6.45, 7) is 1.74. The molecule has 0 saturated carbocycles. The molecular formula is C10H11BrN2O2. The van der Waals surface area contributed by atoms with E-state index in [9.17, 15) is 4.79 Å². The molecule has 2 saturated heterocycles. The third kappa shape index (κ3) is 1.33. The van der Waals surface area contributed by atoms with Crippen molar-refractivity contribution in [1.29, 1.82) is 0 Å². The second-order valence-corrected chi connectivity index (χ2v) is 4.82. The number of rotatable bonds is 1. The van der Waals surface area contributed by atoms with Gasteiger partial charge in [0, 0.05) is 19.1 Å². The molecule has 0 spiro atoms. The molecule has 1 N–H and O–H groups in total. The topological polar surface area (TPSA) is 45.5 Å². The van der Waals surface area contributed by atoms with Crippen molar-refractivity contribution in [3.63, 3.8) is 0 Å². The Bertz CT molecular complexity index is 404. The number of halogens is 1. The van der Waals surface area contributed by atoms with Crippen LogP contribution in [-0.2, 0) is 0 Å². The number of fused-ring (bicyclic) bond motifs is 1. The minimum atomic E-state index is 0.000810. The Balaban J connectivity index is 1.83. The third-order valence-corrected chi connectivity index (χ3v) is 3.83. The van der Waals surface area contributed by atoms with Crippen LogP contribution in [-0.4, -0.2) is 36.0 Å². The molecule has 2 unspecified atom stereocenters. The number of amides is 1. The first-order chi connectivity index (χ1) is 7.27. The lowest BCUT2D eigenvalue weighted by Gasteiger charge is -2.36. The maximum Gasteiger partial charge on any atom is 0.291 e. The Kier molecular flexibility index (Phi) is 2.10. The molecule has 4 nitrogen and oxygen atoms in total. The zero-order valence-corrected chi connectivity index (χ0v) is 9.66. The van der Waals surface area contributed by atoms with E-state index < -0.39 is 0 Å². The number of hydrogen-bond donors (Lipinski definition) is 1. The van der Waals surface area contributed by atoms with Gasteiger partial charge in [0.05, 0.1) is 16.8 Å². The molecule has 0 aromatic carbocycles. The maximum absolute atomic E-state index is 12.1. The standard InChI is InChI=1S/C10H11BrN2O2/c11-6-2-4-15-9(6)10(14)13-3-1-7-8(13)5-12-7/h2,4,7-8,12H,1,3,5H2. The van der Waals surface area contributed by atoms with Gasteiger partial charge in [-0.1, -0.05) is 0 Å². The van der Waals surface area contributed by atoms with Gasteiger partial charge < -0.3 is 14.6 Å². The summed E-state index contributed by atoms with van der Waals surface area (Å²) >= 11 is 3.31. The lowest BCUT2D eigenvalue weighted by Crippen LogP contribution is -2.60. The Morgan fingerprint density at radius 1 is 1.67 bits per heavy atom. The van der Waals surface area contributed by atoms with Crippen molar-refractivity contribution >= 4 is 21.8 Å². The minimum absolute atomic E-state index is 0.000810. The molecule has 1 amide bonds. The van der Waals surface area contributed by atoms with Crippen LogP contribution in [0.15, 0.2) is 21.2 Å². The Morgan fingerprint density at radius 3 is 3.07 bits per heavy atom. The van der Waals surface area contributed by atoms with Gasteiger partial charge in [-0.05, 0) is 28.4 Å². The average molecular weight is 271 g/mol. The van der Waals surface area contributed by atoms with Crippen LogP contribution in [0.1, 0.15) is 17.0 Å². The molecular weight excluding hydrogens is 260 g/mol. The second kappa shape index (κ2) is 3.35. The minimum Gasteiger partial charge on any atom is -0.458 e. The smallest absolute Gasteiger partial charge is 0.291 e. The summed E-state index contributed by atoms with van der Waals surface area (Å²) < 4.78 is 5.93. The highest BCUT2D eigenvalue weighted by Gasteiger charge is 2.43. The predicted molar refractivity (Wildman–Crippen MR) is 57.6 cm³/mol. The molecule has 2 atom stereocenters. The first-order valence-electron chi connectivity index (χ1n) is 5.05. The number of nitrogens with one attached hydrogen (secondary N) is 1. The highest BCUT2D eigenvalue weighted by atomic mass is 79.9. The van der Waals surface area contributed by atoms with Crippen molar-refractivity contribution in [3.05, 3.63) is 22.6 Å². The van der Waals surface area contributed by atoms with Crippen LogP contribution in [0.3, 0.4) is 0 Å². The molecule has 2 aliphatic rings. The van der Waals surface area contributed by atoms with Crippen molar-refractivity contribution in [1.82, 2.24) is 10.2 Å². The first-order valence-corrected chi connectivity index (χ1v) is 5.84. The first kappa shape index (κ1) is 9.42. The molecule has 2 aliphatic heterocycles. The Morgan fingerprint density at radius 2 is 2.53 bits per heavy atom. The molecule has 1 aromatic rings. The monoisotopic (exact) mass is 270 g/mol. The lowest BCUT2D eigenvalue weighted by atomic mass is 10.0. The van der Waals surface area contributed by atoms with E-state index >= 15 is 0 Å². The molecule has 80 valence electrons. The van der Waals surface area contributed by atoms with Crippen LogP contribution >= 0.6 is 15.9 Å². The fraction of sp³-hybridized carbons (Fsp3) is 0.500. The summed E-state index contributed by atoms with van der Waals surface area (Å²) in [6.07, 6.45) is 2.58. The highest BCUT2D eigenvalue weighted by Crippen LogP contribution is 2.28. The van der Waals surface area contributed by atoms with Crippen LogP contribution in [0.25, 0.3) is 0 Å². The number of hydrogen-bond acceptors (Lipinski definition) is 3. The SMILES string of the molecule is O=C(c1occc1Br)N1CCC2NCC21. The molecule has 3 rings (SSSR count). The third-order valence-electron chi connectivity index (χ3n) is 3.21. The average Bonchev–Trinajstić information content (AvgIpc) is 2.70.